The summed E-state index contributed by atoms with van der Waals surface area (Å²) in [4.78, 5) is 14.9. The highest BCUT2D eigenvalue weighted by Gasteiger charge is 2.04. The number of rotatable bonds is 4. The Hall–Kier alpha value is -1.88. The quantitative estimate of drug-likeness (QED) is 0.845. The van der Waals surface area contributed by atoms with Gasteiger partial charge in [-0.25, -0.2) is 0 Å². The lowest BCUT2D eigenvalue weighted by Crippen LogP contribution is -2.02. The van der Waals surface area contributed by atoms with Crippen LogP contribution in [-0.2, 0) is 11.3 Å². The minimum absolute atomic E-state index is 0.345. The van der Waals surface area contributed by atoms with Crippen LogP contribution in [0.3, 0.4) is 0 Å². The molecule has 0 saturated heterocycles. The molecular formula is C12H12N2O2S. The average molecular weight is 248 g/mol. The van der Waals surface area contributed by atoms with Gasteiger partial charge in [0.2, 0.25) is 5.88 Å². The summed E-state index contributed by atoms with van der Waals surface area (Å²) >= 11 is 1.41. The lowest BCUT2D eigenvalue weighted by Gasteiger charge is -2.01. The van der Waals surface area contributed by atoms with Crippen LogP contribution in [0.25, 0.3) is 0 Å². The lowest BCUT2D eigenvalue weighted by molar-refractivity contribution is -0.132. The van der Waals surface area contributed by atoms with E-state index in [9.17, 15) is 4.79 Å². The summed E-state index contributed by atoms with van der Waals surface area (Å²) < 4.78 is 4.87. The van der Waals surface area contributed by atoms with E-state index in [1.807, 2.05) is 30.3 Å². The molecule has 2 aromatic rings. The number of benzene rings is 1. The van der Waals surface area contributed by atoms with Gasteiger partial charge in [0.25, 0.3) is 0 Å². The van der Waals surface area contributed by atoms with Gasteiger partial charge in [-0.3, -0.25) is 4.79 Å². The van der Waals surface area contributed by atoms with E-state index < -0.39 is 0 Å². The normalized spacial score (nSPS) is 9.94. The Labute approximate surface area is 103 Å². The molecule has 88 valence electrons. The fourth-order valence-electron chi connectivity index (χ4n) is 1.31. The molecule has 4 nitrogen and oxygen atoms in total. The molecular weight excluding hydrogens is 236 g/mol. The van der Waals surface area contributed by atoms with Crippen LogP contribution in [0.15, 0.2) is 35.7 Å². The van der Waals surface area contributed by atoms with Crippen molar-refractivity contribution in [1.29, 1.82) is 0 Å². The molecule has 5 heteroatoms. The number of carbonyl (C=O) groups excluding carboxylic acids is 1. The highest BCUT2D eigenvalue weighted by molar-refractivity contribution is 7.13. The number of thiazole rings is 1. The van der Waals surface area contributed by atoms with Crippen LogP contribution in [0.1, 0.15) is 12.5 Å². The maximum atomic E-state index is 10.7. The molecule has 1 heterocycles. The second-order valence-corrected chi connectivity index (χ2v) is 4.28. The van der Waals surface area contributed by atoms with E-state index in [1.165, 1.54) is 23.8 Å². The van der Waals surface area contributed by atoms with Crippen LogP contribution in [0.2, 0.25) is 0 Å². The maximum absolute atomic E-state index is 10.7. The molecule has 0 bridgehead atoms. The zero-order valence-corrected chi connectivity index (χ0v) is 10.2. The minimum atomic E-state index is -0.357. The van der Waals surface area contributed by atoms with Gasteiger partial charge in [-0.2, -0.15) is 4.98 Å². The van der Waals surface area contributed by atoms with Gasteiger partial charge >= 0.3 is 5.97 Å². The molecule has 0 amide bonds. The van der Waals surface area contributed by atoms with Crippen LogP contribution in [-0.4, -0.2) is 11.0 Å². The van der Waals surface area contributed by atoms with Gasteiger partial charge in [-0.05, 0) is 5.56 Å². The van der Waals surface area contributed by atoms with E-state index in [2.05, 4.69) is 10.3 Å². The van der Waals surface area contributed by atoms with Crippen LogP contribution >= 0.6 is 11.3 Å². The summed E-state index contributed by atoms with van der Waals surface area (Å²) in [6.45, 7) is 2.06. The van der Waals surface area contributed by atoms with E-state index in [1.54, 1.807) is 5.38 Å². The summed E-state index contributed by atoms with van der Waals surface area (Å²) in [6.07, 6.45) is 0. The third-order valence-electron chi connectivity index (χ3n) is 2.02. The first-order valence-corrected chi connectivity index (χ1v) is 6.04. The van der Waals surface area contributed by atoms with Crippen molar-refractivity contribution in [3.63, 3.8) is 0 Å². The fraction of sp³-hybridized carbons (Fsp3) is 0.167. The van der Waals surface area contributed by atoms with E-state index in [0.29, 0.717) is 12.4 Å². The second-order valence-electron chi connectivity index (χ2n) is 3.42. The molecule has 17 heavy (non-hydrogen) atoms. The lowest BCUT2D eigenvalue weighted by atomic mass is 10.2. The van der Waals surface area contributed by atoms with E-state index in [4.69, 9.17) is 4.74 Å². The standard InChI is InChI=1S/C12H12N2O2S/c1-9(15)16-11-8-17-12(14-11)13-7-10-5-3-2-4-6-10/h2-6,8H,7H2,1H3,(H,13,14). The van der Waals surface area contributed by atoms with Crippen molar-refractivity contribution in [3.05, 3.63) is 41.3 Å². The van der Waals surface area contributed by atoms with E-state index >= 15 is 0 Å². The molecule has 1 aromatic carbocycles. The molecule has 0 aliphatic rings. The Balaban J connectivity index is 1.91. The number of anilines is 1. The Bertz CT molecular complexity index is 496. The minimum Gasteiger partial charge on any atom is -0.407 e. The fourth-order valence-corrected chi connectivity index (χ4v) is 1.92. The highest BCUT2D eigenvalue weighted by atomic mass is 32.1. The monoisotopic (exact) mass is 248 g/mol. The Morgan fingerprint density at radius 2 is 2.18 bits per heavy atom. The first-order chi connectivity index (χ1) is 8.24. The van der Waals surface area contributed by atoms with Crippen molar-refractivity contribution in [2.45, 2.75) is 13.5 Å². The molecule has 0 atom stereocenters. The molecule has 0 aliphatic heterocycles. The third kappa shape index (κ3) is 3.57. The molecule has 0 aliphatic carbocycles. The molecule has 1 aromatic heterocycles. The summed E-state index contributed by atoms with van der Waals surface area (Å²) in [5.74, 6) is -0.0111. The Morgan fingerprint density at radius 3 is 2.88 bits per heavy atom. The van der Waals surface area contributed by atoms with Gasteiger partial charge in [-0.1, -0.05) is 30.3 Å². The van der Waals surface area contributed by atoms with Crippen LogP contribution in [0, 0.1) is 0 Å². The van der Waals surface area contributed by atoms with Gasteiger partial charge < -0.3 is 10.1 Å². The van der Waals surface area contributed by atoms with Crippen molar-refractivity contribution < 1.29 is 9.53 Å². The van der Waals surface area contributed by atoms with Gasteiger partial charge in [-0.15, -0.1) is 11.3 Å². The third-order valence-corrected chi connectivity index (χ3v) is 2.80. The number of nitrogens with one attached hydrogen (secondary N) is 1. The molecule has 1 N–H and O–H groups in total. The van der Waals surface area contributed by atoms with Gasteiger partial charge in [0.05, 0.1) is 5.38 Å². The number of hydrogen-bond acceptors (Lipinski definition) is 5. The first kappa shape index (κ1) is 11.6. The van der Waals surface area contributed by atoms with Crippen molar-refractivity contribution in [3.8, 4) is 5.88 Å². The molecule has 0 saturated carbocycles. The highest BCUT2D eigenvalue weighted by Crippen LogP contribution is 2.21. The van der Waals surface area contributed by atoms with Gasteiger partial charge in [0.15, 0.2) is 5.13 Å². The summed E-state index contributed by atoms with van der Waals surface area (Å²) in [5, 5.41) is 5.61. The van der Waals surface area contributed by atoms with Gasteiger partial charge in [0, 0.05) is 13.5 Å². The van der Waals surface area contributed by atoms with Crippen LogP contribution in [0.5, 0.6) is 5.88 Å². The van der Waals surface area contributed by atoms with Crippen molar-refractivity contribution >= 4 is 22.4 Å². The van der Waals surface area contributed by atoms with Crippen molar-refractivity contribution in [2.75, 3.05) is 5.32 Å². The van der Waals surface area contributed by atoms with Crippen LogP contribution < -0.4 is 10.1 Å². The molecule has 0 unspecified atom stereocenters. The van der Waals surface area contributed by atoms with Gasteiger partial charge in [0.1, 0.15) is 0 Å². The number of carbonyl (C=O) groups is 1. The largest absolute Gasteiger partial charge is 0.407 e. The number of hydrogen-bond donors (Lipinski definition) is 1. The Kier molecular flexibility index (Phi) is 3.72. The SMILES string of the molecule is CC(=O)Oc1csc(NCc2ccccc2)n1. The first-order valence-electron chi connectivity index (χ1n) is 5.16. The predicted molar refractivity (Wildman–Crippen MR) is 67.2 cm³/mol. The summed E-state index contributed by atoms with van der Waals surface area (Å²) in [7, 11) is 0. The van der Waals surface area contributed by atoms with Crippen molar-refractivity contribution in [1.82, 2.24) is 4.98 Å². The second kappa shape index (κ2) is 5.45. The number of nitrogens with zero attached hydrogens (tertiary/aromatic N) is 1. The smallest absolute Gasteiger partial charge is 0.309 e. The molecule has 0 spiro atoms. The van der Waals surface area contributed by atoms with Crippen LogP contribution in [0.4, 0.5) is 5.13 Å². The van der Waals surface area contributed by atoms with Crippen molar-refractivity contribution in [2.24, 2.45) is 0 Å². The summed E-state index contributed by atoms with van der Waals surface area (Å²) in [6, 6.07) is 10.0. The molecule has 0 radical (unpaired) electrons. The molecule has 2 rings (SSSR count). The summed E-state index contributed by atoms with van der Waals surface area (Å²) in [5.41, 5.74) is 1.18. The maximum Gasteiger partial charge on any atom is 0.309 e. The molecule has 0 fully saturated rings. The Morgan fingerprint density at radius 1 is 1.41 bits per heavy atom. The average Bonchev–Trinajstić information content (AvgIpc) is 2.75. The number of esters is 1. The predicted octanol–water partition coefficient (Wildman–Crippen LogP) is 2.68. The zero-order valence-electron chi connectivity index (χ0n) is 9.34. The topological polar surface area (TPSA) is 51.2 Å². The van der Waals surface area contributed by atoms with E-state index in [-0.39, 0.29) is 5.97 Å². The van der Waals surface area contributed by atoms with E-state index in [0.717, 1.165) is 5.13 Å². The zero-order chi connectivity index (χ0) is 12.1. The number of aromatic nitrogens is 1. The number of ether oxygens (including phenoxy) is 1.